The zero-order chi connectivity index (χ0) is 14.2. The standard InChI is InChI=1S/C13H19N5O/c1-8-7-11(19)15-12(14-8)18-10(6-9(2)17-18)16-13(3,4)5/h6-7,16H,1-5H3,(H,14,15,19). The summed E-state index contributed by atoms with van der Waals surface area (Å²) in [6.07, 6.45) is 0. The minimum absolute atomic E-state index is 0.103. The first-order valence-corrected chi connectivity index (χ1v) is 6.18. The fourth-order valence-electron chi connectivity index (χ4n) is 1.80. The number of aryl methyl sites for hydroxylation is 2. The van der Waals surface area contributed by atoms with Crippen molar-refractivity contribution in [3.05, 3.63) is 33.9 Å². The molecule has 0 aromatic carbocycles. The lowest BCUT2D eigenvalue weighted by atomic mass is 10.1. The topological polar surface area (TPSA) is 75.6 Å². The lowest BCUT2D eigenvalue weighted by molar-refractivity contribution is 0.621. The van der Waals surface area contributed by atoms with Crippen LogP contribution in [0.3, 0.4) is 0 Å². The van der Waals surface area contributed by atoms with Crippen LogP contribution in [0.4, 0.5) is 5.82 Å². The second-order valence-electron chi connectivity index (χ2n) is 5.67. The van der Waals surface area contributed by atoms with Crippen molar-refractivity contribution in [2.75, 3.05) is 5.32 Å². The molecule has 0 aliphatic heterocycles. The first kappa shape index (κ1) is 13.3. The monoisotopic (exact) mass is 261 g/mol. The highest BCUT2D eigenvalue weighted by atomic mass is 16.1. The molecule has 0 unspecified atom stereocenters. The third-order valence-corrected chi connectivity index (χ3v) is 2.39. The third kappa shape index (κ3) is 3.21. The highest BCUT2D eigenvalue weighted by molar-refractivity contribution is 5.43. The molecule has 0 fully saturated rings. The molecule has 0 amide bonds. The van der Waals surface area contributed by atoms with Gasteiger partial charge in [-0.05, 0) is 34.6 Å². The van der Waals surface area contributed by atoms with Crippen LogP contribution in [0.5, 0.6) is 0 Å². The van der Waals surface area contributed by atoms with Gasteiger partial charge in [-0.1, -0.05) is 0 Å². The summed E-state index contributed by atoms with van der Waals surface area (Å²) in [7, 11) is 0. The number of H-pyrrole nitrogens is 1. The molecule has 0 saturated carbocycles. The van der Waals surface area contributed by atoms with Gasteiger partial charge in [-0.3, -0.25) is 9.78 Å². The Bertz CT molecular complexity index is 648. The Labute approximate surface area is 111 Å². The number of rotatable bonds is 2. The van der Waals surface area contributed by atoms with Crippen LogP contribution in [0.15, 0.2) is 16.9 Å². The minimum Gasteiger partial charge on any atom is -0.365 e. The first-order chi connectivity index (χ1) is 8.74. The average molecular weight is 261 g/mol. The van der Waals surface area contributed by atoms with Crippen LogP contribution < -0.4 is 10.9 Å². The molecule has 2 N–H and O–H groups in total. The Hall–Kier alpha value is -2.11. The van der Waals surface area contributed by atoms with Crippen LogP contribution in [0.1, 0.15) is 32.2 Å². The highest BCUT2D eigenvalue weighted by Gasteiger charge is 2.16. The molecule has 0 atom stereocenters. The Morgan fingerprint density at radius 2 is 1.89 bits per heavy atom. The molecular formula is C13H19N5O. The second-order valence-corrected chi connectivity index (χ2v) is 5.67. The number of anilines is 1. The summed E-state index contributed by atoms with van der Waals surface area (Å²) in [5.74, 6) is 1.23. The van der Waals surface area contributed by atoms with Crippen LogP contribution in [-0.4, -0.2) is 25.3 Å². The quantitative estimate of drug-likeness (QED) is 0.864. The lowest BCUT2D eigenvalue weighted by Crippen LogP contribution is -2.28. The van der Waals surface area contributed by atoms with Gasteiger partial charge in [0.25, 0.3) is 5.56 Å². The second kappa shape index (κ2) is 4.53. The van der Waals surface area contributed by atoms with E-state index in [0.717, 1.165) is 11.5 Å². The van der Waals surface area contributed by atoms with Gasteiger partial charge in [0.15, 0.2) is 0 Å². The van der Waals surface area contributed by atoms with Gasteiger partial charge in [-0.15, -0.1) is 0 Å². The fraction of sp³-hybridized carbons (Fsp3) is 0.462. The van der Waals surface area contributed by atoms with Crippen LogP contribution >= 0.6 is 0 Å². The molecule has 102 valence electrons. The smallest absolute Gasteiger partial charge is 0.252 e. The van der Waals surface area contributed by atoms with E-state index in [-0.39, 0.29) is 11.1 Å². The van der Waals surface area contributed by atoms with Crippen LogP contribution in [0.2, 0.25) is 0 Å². The zero-order valence-corrected chi connectivity index (χ0v) is 11.9. The van der Waals surface area contributed by atoms with Crippen molar-refractivity contribution in [2.24, 2.45) is 0 Å². The molecule has 0 aliphatic carbocycles. The molecule has 2 aromatic rings. The van der Waals surface area contributed by atoms with Crippen LogP contribution in [-0.2, 0) is 0 Å². The summed E-state index contributed by atoms with van der Waals surface area (Å²) in [5, 5.41) is 7.72. The molecule has 0 saturated heterocycles. The Morgan fingerprint density at radius 3 is 2.47 bits per heavy atom. The van der Waals surface area contributed by atoms with E-state index in [1.807, 2.05) is 13.0 Å². The predicted octanol–water partition coefficient (Wildman–Crippen LogP) is 1.78. The van der Waals surface area contributed by atoms with Gasteiger partial charge in [0.05, 0.1) is 5.69 Å². The van der Waals surface area contributed by atoms with E-state index in [0.29, 0.717) is 11.6 Å². The molecule has 0 bridgehead atoms. The molecule has 0 radical (unpaired) electrons. The van der Waals surface area contributed by atoms with Crippen molar-refractivity contribution in [2.45, 2.75) is 40.2 Å². The summed E-state index contributed by atoms with van der Waals surface area (Å²) in [5.41, 5.74) is 1.23. The van der Waals surface area contributed by atoms with Crippen molar-refractivity contribution in [3.63, 3.8) is 0 Å². The zero-order valence-electron chi connectivity index (χ0n) is 11.9. The normalized spacial score (nSPS) is 11.6. The SMILES string of the molecule is Cc1cc(=O)[nH]c(-n2nc(C)cc2NC(C)(C)C)n1. The molecule has 6 nitrogen and oxygen atoms in total. The predicted molar refractivity (Wildman–Crippen MR) is 74.8 cm³/mol. The van der Waals surface area contributed by atoms with Gasteiger partial charge < -0.3 is 5.32 Å². The van der Waals surface area contributed by atoms with Crippen molar-refractivity contribution < 1.29 is 0 Å². The number of nitrogens with one attached hydrogen (secondary N) is 2. The Kier molecular flexibility index (Phi) is 3.18. The summed E-state index contributed by atoms with van der Waals surface area (Å²) in [6.45, 7) is 9.87. The van der Waals surface area contributed by atoms with Gasteiger partial charge in [0, 0.05) is 23.4 Å². The molecule has 0 spiro atoms. The summed E-state index contributed by atoms with van der Waals surface area (Å²) in [6, 6.07) is 3.38. The van der Waals surface area contributed by atoms with Gasteiger partial charge >= 0.3 is 0 Å². The maximum atomic E-state index is 11.5. The van der Waals surface area contributed by atoms with Gasteiger partial charge in [-0.25, -0.2) is 4.98 Å². The Balaban J connectivity index is 2.52. The molecule has 0 aliphatic rings. The number of aromatic nitrogens is 4. The number of hydrogen-bond donors (Lipinski definition) is 2. The molecule has 19 heavy (non-hydrogen) atoms. The number of aromatic amines is 1. The van der Waals surface area contributed by atoms with Crippen molar-refractivity contribution in [1.29, 1.82) is 0 Å². The highest BCUT2D eigenvalue weighted by Crippen LogP contribution is 2.18. The molecule has 2 rings (SSSR count). The van der Waals surface area contributed by atoms with Gasteiger partial charge in [-0.2, -0.15) is 9.78 Å². The number of nitrogens with zero attached hydrogens (tertiary/aromatic N) is 3. The molecular weight excluding hydrogens is 242 g/mol. The van der Waals surface area contributed by atoms with E-state index < -0.39 is 0 Å². The van der Waals surface area contributed by atoms with Crippen molar-refractivity contribution in [1.82, 2.24) is 19.7 Å². The van der Waals surface area contributed by atoms with Crippen molar-refractivity contribution >= 4 is 5.82 Å². The van der Waals surface area contributed by atoms with E-state index >= 15 is 0 Å². The summed E-state index contributed by atoms with van der Waals surface area (Å²) in [4.78, 5) is 18.5. The van der Waals surface area contributed by atoms with Gasteiger partial charge in [0.1, 0.15) is 5.82 Å². The summed E-state index contributed by atoms with van der Waals surface area (Å²) >= 11 is 0. The molecule has 2 aromatic heterocycles. The molecule has 6 heteroatoms. The maximum absolute atomic E-state index is 11.5. The summed E-state index contributed by atoms with van der Waals surface area (Å²) < 4.78 is 1.62. The van der Waals surface area contributed by atoms with E-state index in [4.69, 9.17) is 0 Å². The van der Waals surface area contributed by atoms with E-state index in [1.54, 1.807) is 11.6 Å². The maximum Gasteiger partial charge on any atom is 0.252 e. The third-order valence-electron chi connectivity index (χ3n) is 2.39. The van der Waals surface area contributed by atoms with E-state index in [1.165, 1.54) is 6.07 Å². The van der Waals surface area contributed by atoms with Gasteiger partial charge in [0.2, 0.25) is 5.95 Å². The van der Waals surface area contributed by atoms with E-state index in [9.17, 15) is 4.79 Å². The van der Waals surface area contributed by atoms with Crippen molar-refractivity contribution in [3.8, 4) is 5.95 Å². The average Bonchev–Trinajstić information content (AvgIpc) is 2.55. The first-order valence-electron chi connectivity index (χ1n) is 6.18. The van der Waals surface area contributed by atoms with Crippen LogP contribution in [0.25, 0.3) is 5.95 Å². The molecule has 2 heterocycles. The van der Waals surface area contributed by atoms with Crippen LogP contribution in [0, 0.1) is 13.8 Å². The number of hydrogen-bond acceptors (Lipinski definition) is 4. The minimum atomic E-state index is -0.183. The fourth-order valence-corrected chi connectivity index (χ4v) is 1.80. The van der Waals surface area contributed by atoms with E-state index in [2.05, 4.69) is 41.2 Å². The Morgan fingerprint density at radius 1 is 1.21 bits per heavy atom. The largest absolute Gasteiger partial charge is 0.365 e. The lowest BCUT2D eigenvalue weighted by Gasteiger charge is -2.22.